The number of carbonyl (C=O) groups is 1. The highest BCUT2D eigenvalue weighted by atomic mass is 16.5. The van der Waals surface area contributed by atoms with Gasteiger partial charge in [-0.2, -0.15) is 0 Å². The monoisotopic (exact) mass is 326 g/mol. The quantitative estimate of drug-likeness (QED) is 0.904. The van der Waals surface area contributed by atoms with E-state index in [0.717, 1.165) is 11.3 Å². The Bertz CT molecular complexity index is 788. The smallest absolute Gasteiger partial charge is 0.335 e. The largest absolute Gasteiger partial charge is 0.491 e. The second-order valence-corrected chi connectivity index (χ2v) is 5.80. The molecule has 1 N–H and O–H groups in total. The molecule has 1 aliphatic rings. The summed E-state index contributed by atoms with van der Waals surface area (Å²) in [5.74, 6) is 0.666. The standard InChI is InChI=1S/C18H18N2O4/c1-11(2)23-15-9-7-13(8-10-15)17-20-19-16(24-17)12-3-5-14(6-4-12)18(21)22/h3,5-12H,4H2,1-2H3,(H,21,22). The van der Waals surface area contributed by atoms with Gasteiger partial charge in [0.1, 0.15) is 5.75 Å². The van der Waals surface area contributed by atoms with Crippen molar-refractivity contribution in [2.45, 2.75) is 32.3 Å². The summed E-state index contributed by atoms with van der Waals surface area (Å²) in [6.45, 7) is 3.94. The molecule has 0 saturated heterocycles. The third-order valence-corrected chi connectivity index (χ3v) is 3.58. The first kappa shape index (κ1) is 16.0. The lowest BCUT2D eigenvalue weighted by molar-refractivity contribution is -0.132. The van der Waals surface area contributed by atoms with Crippen LogP contribution in [0.3, 0.4) is 0 Å². The lowest BCUT2D eigenvalue weighted by atomic mass is 9.97. The lowest BCUT2D eigenvalue weighted by Crippen LogP contribution is -2.05. The van der Waals surface area contributed by atoms with E-state index in [1.807, 2.05) is 38.1 Å². The molecule has 0 radical (unpaired) electrons. The summed E-state index contributed by atoms with van der Waals surface area (Å²) in [5.41, 5.74) is 1.10. The summed E-state index contributed by atoms with van der Waals surface area (Å²) in [6.07, 6.45) is 5.65. The fraction of sp³-hybridized carbons (Fsp3) is 0.278. The third kappa shape index (κ3) is 3.53. The van der Waals surface area contributed by atoms with Crippen molar-refractivity contribution >= 4 is 5.97 Å². The average molecular weight is 326 g/mol. The zero-order chi connectivity index (χ0) is 17.1. The van der Waals surface area contributed by atoms with E-state index in [1.54, 1.807) is 18.2 Å². The Labute approximate surface area is 139 Å². The van der Waals surface area contributed by atoms with Gasteiger partial charge >= 0.3 is 5.97 Å². The first-order chi connectivity index (χ1) is 11.5. The molecule has 2 aromatic rings. The Morgan fingerprint density at radius 2 is 2.04 bits per heavy atom. The number of rotatable bonds is 5. The molecule has 0 bridgehead atoms. The van der Waals surface area contributed by atoms with E-state index in [-0.39, 0.29) is 17.6 Å². The minimum atomic E-state index is -0.931. The van der Waals surface area contributed by atoms with Crippen molar-refractivity contribution in [1.82, 2.24) is 10.2 Å². The van der Waals surface area contributed by atoms with Crippen LogP contribution in [0.2, 0.25) is 0 Å². The van der Waals surface area contributed by atoms with Crippen molar-refractivity contribution in [3.05, 3.63) is 54.0 Å². The normalized spacial score (nSPS) is 17.0. The molecular formula is C18H18N2O4. The van der Waals surface area contributed by atoms with E-state index >= 15 is 0 Å². The zero-order valence-corrected chi connectivity index (χ0v) is 13.5. The Morgan fingerprint density at radius 3 is 2.62 bits per heavy atom. The molecule has 0 spiro atoms. The van der Waals surface area contributed by atoms with Gasteiger partial charge in [0, 0.05) is 5.56 Å². The minimum Gasteiger partial charge on any atom is -0.491 e. The molecule has 0 fully saturated rings. The maximum atomic E-state index is 10.9. The SMILES string of the molecule is CC(C)Oc1ccc(-c2nnc(C3C=CC(C(=O)O)=CC3)o2)cc1. The van der Waals surface area contributed by atoms with Gasteiger partial charge in [0.05, 0.1) is 17.6 Å². The molecule has 1 aliphatic carbocycles. The molecular weight excluding hydrogens is 308 g/mol. The first-order valence-electron chi connectivity index (χ1n) is 7.75. The summed E-state index contributed by atoms with van der Waals surface area (Å²) in [7, 11) is 0. The number of carboxylic acid groups (broad SMARTS) is 1. The summed E-state index contributed by atoms with van der Waals surface area (Å²) in [5, 5.41) is 17.1. The van der Waals surface area contributed by atoms with Crippen LogP contribution in [0.4, 0.5) is 0 Å². The van der Waals surface area contributed by atoms with Gasteiger partial charge in [0.2, 0.25) is 11.8 Å². The van der Waals surface area contributed by atoms with Crippen LogP contribution in [0.15, 0.2) is 52.5 Å². The highest BCUT2D eigenvalue weighted by Crippen LogP contribution is 2.29. The topological polar surface area (TPSA) is 85.5 Å². The summed E-state index contributed by atoms with van der Waals surface area (Å²) in [4.78, 5) is 10.9. The van der Waals surface area contributed by atoms with Gasteiger partial charge in [-0.15, -0.1) is 10.2 Å². The van der Waals surface area contributed by atoms with Crippen LogP contribution >= 0.6 is 0 Å². The predicted molar refractivity (Wildman–Crippen MR) is 87.7 cm³/mol. The first-order valence-corrected chi connectivity index (χ1v) is 7.75. The van der Waals surface area contributed by atoms with Crippen LogP contribution in [-0.4, -0.2) is 27.4 Å². The maximum absolute atomic E-state index is 10.9. The van der Waals surface area contributed by atoms with Crippen molar-refractivity contribution < 1.29 is 19.1 Å². The molecule has 0 saturated carbocycles. The molecule has 6 heteroatoms. The number of carboxylic acids is 1. The molecule has 1 aromatic heterocycles. The number of allylic oxidation sites excluding steroid dienone is 2. The van der Waals surface area contributed by atoms with Crippen LogP contribution in [0.25, 0.3) is 11.5 Å². The second-order valence-electron chi connectivity index (χ2n) is 5.80. The maximum Gasteiger partial charge on any atom is 0.335 e. The molecule has 6 nitrogen and oxygen atoms in total. The number of hydrogen-bond donors (Lipinski definition) is 1. The van der Waals surface area contributed by atoms with E-state index < -0.39 is 5.97 Å². The van der Waals surface area contributed by atoms with Crippen molar-refractivity contribution in [2.24, 2.45) is 0 Å². The van der Waals surface area contributed by atoms with Crippen LogP contribution in [0.5, 0.6) is 5.75 Å². The number of ether oxygens (including phenoxy) is 1. The number of aliphatic carboxylic acids is 1. The van der Waals surface area contributed by atoms with Crippen LogP contribution in [-0.2, 0) is 4.79 Å². The van der Waals surface area contributed by atoms with Gasteiger partial charge in [-0.25, -0.2) is 4.79 Å². The molecule has 3 rings (SSSR count). The second kappa shape index (κ2) is 6.70. The van der Waals surface area contributed by atoms with Crippen molar-refractivity contribution in [3.63, 3.8) is 0 Å². The van der Waals surface area contributed by atoms with Crippen LogP contribution in [0.1, 0.15) is 32.1 Å². The number of hydrogen-bond acceptors (Lipinski definition) is 5. The molecule has 1 heterocycles. The van der Waals surface area contributed by atoms with Gasteiger partial charge in [0.25, 0.3) is 0 Å². The van der Waals surface area contributed by atoms with Crippen LogP contribution < -0.4 is 4.74 Å². The van der Waals surface area contributed by atoms with E-state index in [2.05, 4.69) is 10.2 Å². The van der Waals surface area contributed by atoms with Crippen molar-refractivity contribution in [3.8, 4) is 17.2 Å². The van der Waals surface area contributed by atoms with Gasteiger partial charge in [-0.3, -0.25) is 0 Å². The van der Waals surface area contributed by atoms with Crippen molar-refractivity contribution in [1.29, 1.82) is 0 Å². The van der Waals surface area contributed by atoms with Gasteiger partial charge < -0.3 is 14.3 Å². The highest BCUT2D eigenvalue weighted by Gasteiger charge is 2.20. The molecule has 124 valence electrons. The predicted octanol–water partition coefficient (Wildman–Crippen LogP) is 3.58. The summed E-state index contributed by atoms with van der Waals surface area (Å²) in [6, 6.07) is 7.46. The molecule has 1 aromatic carbocycles. The van der Waals surface area contributed by atoms with E-state index in [0.29, 0.717) is 18.2 Å². The molecule has 0 aliphatic heterocycles. The van der Waals surface area contributed by atoms with E-state index in [4.69, 9.17) is 14.3 Å². The summed E-state index contributed by atoms with van der Waals surface area (Å²) >= 11 is 0. The summed E-state index contributed by atoms with van der Waals surface area (Å²) < 4.78 is 11.3. The van der Waals surface area contributed by atoms with E-state index in [9.17, 15) is 4.79 Å². The Hall–Kier alpha value is -2.89. The molecule has 0 amide bonds. The van der Waals surface area contributed by atoms with E-state index in [1.165, 1.54) is 0 Å². The van der Waals surface area contributed by atoms with Gasteiger partial charge in [0.15, 0.2) is 0 Å². The molecule has 1 atom stereocenters. The molecule has 1 unspecified atom stereocenters. The number of nitrogens with zero attached hydrogens (tertiary/aromatic N) is 2. The van der Waals surface area contributed by atoms with Gasteiger partial charge in [-0.1, -0.05) is 18.2 Å². The Morgan fingerprint density at radius 1 is 1.29 bits per heavy atom. The lowest BCUT2D eigenvalue weighted by Gasteiger charge is -2.10. The fourth-order valence-corrected chi connectivity index (χ4v) is 2.41. The van der Waals surface area contributed by atoms with Gasteiger partial charge in [-0.05, 0) is 44.5 Å². The average Bonchev–Trinajstić information content (AvgIpc) is 3.05. The minimum absolute atomic E-state index is 0.0992. The highest BCUT2D eigenvalue weighted by molar-refractivity contribution is 5.90. The number of aromatic nitrogens is 2. The fourth-order valence-electron chi connectivity index (χ4n) is 2.41. The Kier molecular flexibility index (Phi) is 4.46. The molecule has 24 heavy (non-hydrogen) atoms. The zero-order valence-electron chi connectivity index (χ0n) is 13.5. The Balaban J connectivity index is 1.72. The third-order valence-electron chi connectivity index (χ3n) is 3.58. The van der Waals surface area contributed by atoms with Crippen LogP contribution in [0, 0.1) is 0 Å². The van der Waals surface area contributed by atoms with Crippen molar-refractivity contribution in [2.75, 3.05) is 0 Å². The number of benzene rings is 1.